The van der Waals surface area contributed by atoms with Crippen LogP contribution in [0.15, 0.2) is 48.5 Å². The summed E-state index contributed by atoms with van der Waals surface area (Å²) in [6, 6.07) is 15.2. The summed E-state index contributed by atoms with van der Waals surface area (Å²) in [6.07, 6.45) is 5.32. The number of rotatable bonds is 5. The molecule has 4 rings (SSSR count). The Hall–Kier alpha value is -2.62. The Balaban J connectivity index is 1.44. The molecule has 2 aliphatic carbocycles. The van der Waals surface area contributed by atoms with Gasteiger partial charge in [-0.3, -0.25) is 9.59 Å². The van der Waals surface area contributed by atoms with Gasteiger partial charge in [-0.15, -0.1) is 0 Å². The average Bonchev–Trinajstić information content (AvgIpc) is 3.32. The van der Waals surface area contributed by atoms with Crippen LogP contribution < -0.4 is 10.1 Å². The van der Waals surface area contributed by atoms with Gasteiger partial charge in [-0.25, -0.2) is 0 Å². The molecule has 2 aliphatic rings. The van der Waals surface area contributed by atoms with E-state index in [1.807, 2.05) is 36.4 Å². The second kappa shape index (κ2) is 7.78. The first-order valence-electron chi connectivity index (χ1n) is 10.2. The summed E-state index contributed by atoms with van der Waals surface area (Å²) in [5, 5.41) is 3.24. The highest BCUT2D eigenvalue weighted by atomic mass is 16.5. The number of esters is 1. The van der Waals surface area contributed by atoms with E-state index in [4.69, 9.17) is 4.74 Å². The average molecular weight is 377 g/mol. The van der Waals surface area contributed by atoms with Crippen molar-refractivity contribution >= 4 is 11.9 Å². The summed E-state index contributed by atoms with van der Waals surface area (Å²) in [5.74, 6) is 2.48. The number of carbonyl (C=O) groups excluding carboxylic acids is 2. The van der Waals surface area contributed by atoms with Gasteiger partial charge in [0, 0.05) is 18.5 Å². The molecule has 0 saturated heterocycles. The number of amides is 1. The smallest absolute Gasteiger partial charge is 0.308 e. The molecule has 1 amide bonds. The van der Waals surface area contributed by atoms with Gasteiger partial charge in [0.05, 0.1) is 0 Å². The Morgan fingerprint density at radius 3 is 2.46 bits per heavy atom. The summed E-state index contributed by atoms with van der Waals surface area (Å²) in [6.45, 7) is 3.54. The van der Waals surface area contributed by atoms with E-state index in [0.29, 0.717) is 17.2 Å². The topological polar surface area (TPSA) is 55.4 Å². The van der Waals surface area contributed by atoms with E-state index in [2.05, 4.69) is 12.2 Å². The van der Waals surface area contributed by atoms with Crippen molar-refractivity contribution in [2.24, 2.45) is 17.8 Å². The van der Waals surface area contributed by atoms with E-state index in [1.165, 1.54) is 32.6 Å². The monoisotopic (exact) mass is 377 g/mol. The van der Waals surface area contributed by atoms with Gasteiger partial charge in [-0.05, 0) is 79.3 Å². The molecule has 0 radical (unpaired) electrons. The molecule has 28 heavy (non-hydrogen) atoms. The molecule has 1 N–H and O–H groups in total. The SMILES string of the molecule is CC(=O)Oc1ccc(-c2cccc(C(=O)N[C@H](C)[C@H]3C[C@H]4CC[C@H]3C4)c2)cc1. The van der Waals surface area contributed by atoms with Crippen molar-refractivity contribution in [1.29, 1.82) is 0 Å². The first-order valence-corrected chi connectivity index (χ1v) is 10.2. The number of nitrogens with one attached hydrogen (secondary N) is 1. The molecule has 2 aromatic rings. The van der Waals surface area contributed by atoms with E-state index in [9.17, 15) is 9.59 Å². The molecule has 0 heterocycles. The van der Waals surface area contributed by atoms with Crippen LogP contribution >= 0.6 is 0 Å². The minimum absolute atomic E-state index is 0.00587. The van der Waals surface area contributed by atoms with Gasteiger partial charge in [-0.1, -0.05) is 30.7 Å². The van der Waals surface area contributed by atoms with Crippen LogP contribution in [0.5, 0.6) is 5.75 Å². The third-order valence-corrected chi connectivity index (χ3v) is 6.37. The number of ether oxygens (including phenoxy) is 1. The van der Waals surface area contributed by atoms with Gasteiger partial charge in [-0.2, -0.15) is 0 Å². The second-order valence-electron chi connectivity index (χ2n) is 8.30. The van der Waals surface area contributed by atoms with E-state index in [0.717, 1.165) is 23.0 Å². The summed E-state index contributed by atoms with van der Waals surface area (Å²) in [5.41, 5.74) is 2.62. The van der Waals surface area contributed by atoms with Crippen LogP contribution in [0, 0.1) is 17.8 Å². The maximum Gasteiger partial charge on any atom is 0.308 e. The number of carbonyl (C=O) groups is 2. The molecule has 4 nitrogen and oxygen atoms in total. The molecule has 0 aliphatic heterocycles. The Bertz CT molecular complexity index is 874. The maximum atomic E-state index is 12.8. The zero-order chi connectivity index (χ0) is 19.7. The lowest BCUT2D eigenvalue weighted by Crippen LogP contribution is -2.40. The van der Waals surface area contributed by atoms with Gasteiger partial charge >= 0.3 is 5.97 Å². The standard InChI is InChI=1S/C24H27NO3/c1-15(23-13-17-6-7-20(23)12-17)25-24(27)21-5-3-4-19(14-21)18-8-10-22(11-9-18)28-16(2)26/h3-5,8-11,14-15,17,20,23H,6-7,12-13H2,1-2H3,(H,25,27)/t15-,17+,20+,23-/m1/s1. The zero-order valence-corrected chi connectivity index (χ0v) is 16.5. The summed E-state index contributed by atoms with van der Waals surface area (Å²) < 4.78 is 5.08. The van der Waals surface area contributed by atoms with Crippen LogP contribution in [0.25, 0.3) is 11.1 Å². The molecular weight excluding hydrogens is 350 g/mol. The summed E-state index contributed by atoms with van der Waals surface area (Å²) >= 11 is 0. The third kappa shape index (κ3) is 3.96. The minimum Gasteiger partial charge on any atom is -0.427 e. The second-order valence-corrected chi connectivity index (χ2v) is 8.30. The Morgan fingerprint density at radius 2 is 1.82 bits per heavy atom. The normalized spacial score (nSPS) is 24.0. The van der Waals surface area contributed by atoms with E-state index < -0.39 is 0 Å². The van der Waals surface area contributed by atoms with Crippen molar-refractivity contribution in [3.63, 3.8) is 0 Å². The fourth-order valence-electron chi connectivity index (χ4n) is 5.02. The lowest BCUT2D eigenvalue weighted by Gasteiger charge is -2.28. The molecule has 146 valence electrons. The highest BCUT2D eigenvalue weighted by molar-refractivity contribution is 5.95. The number of hydrogen-bond acceptors (Lipinski definition) is 3. The summed E-state index contributed by atoms with van der Waals surface area (Å²) in [7, 11) is 0. The Kier molecular flexibility index (Phi) is 5.21. The number of benzene rings is 2. The highest BCUT2D eigenvalue weighted by Crippen LogP contribution is 2.49. The quantitative estimate of drug-likeness (QED) is 0.600. The first-order chi connectivity index (χ1) is 13.5. The number of fused-ring (bicyclic) bond motifs is 2. The molecule has 2 saturated carbocycles. The minimum atomic E-state index is -0.337. The molecule has 0 unspecified atom stereocenters. The van der Waals surface area contributed by atoms with Gasteiger partial charge in [0.2, 0.25) is 0 Å². The third-order valence-electron chi connectivity index (χ3n) is 6.37. The fourth-order valence-corrected chi connectivity index (χ4v) is 5.02. The molecule has 0 spiro atoms. The van der Waals surface area contributed by atoms with Gasteiger partial charge in [0.1, 0.15) is 5.75 Å². The molecule has 4 atom stereocenters. The molecule has 0 aromatic heterocycles. The van der Waals surface area contributed by atoms with Crippen LogP contribution in [-0.2, 0) is 4.79 Å². The zero-order valence-electron chi connectivity index (χ0n) is 16.5. The van der Waals surface area contributed by atoms with Gasteiger partial charge < -0.3 is 10.1 Å². The summed E-state index contributed by atoms with van der Waals surface area (Å²) in [4.78, 5) is 23.9. The van der Waals surface area contributed by atoms with Crippen LogP contribution in [-0.4, -0.2) is 17.9 Å². The lowest BCUT2D eigenvalue weighted by molar-refractivity contribution is -0.131. The maximum absolute atomic E-state index is 12.8. The highest BCUT2D eigenvalue weighted by Gasteiger charge is 2.42. The van der Waals surface area contributed by atoms with Crippen LogP contribution in [0.1, 0.15) is 49.9 Å². The van der Waals surface area contributed by atoms with Gasteiger partial charge in [0.25, 0.3) is 5.91 Å². The molecule has 4 heteroatoms. The molecular formula is C24H27NO3. The van der Waals surface area contributed by atoms with Crippen molar-refractivity contribution in [3.8, 4) is 16.9 Å². The van der Waals surface area contributed by atoms with Crippen LogP contribution in [0.4, 0.5) is 0 Å². The predicted molar refractivity (Wildman–Crippen MR) is 109 cm³/mol. The van der Waals surface area contributed by atoms with Crippen molar-refractivity contribution < 1.29 is 14.3 Å². The van der Waals surface area contributed by atoms with E-state index in [1.54, 1.807) is 12.1 Å². The number of hydrogen-bond donors (Lipinski definition) is 1. The van der Waals surface area contributed by atoms with Crippen molar-refractivity contribution in [1.82, 2.24) is 5.32 Å². The van der Waals surface area contributed by atoms with Gasteiger partial charge in [0.15, 0.2) is 0 Å². The van der Waals surface area contributed by atoms with E-state index >= 15 is 0 Å². The van der Waals surface area contributed by atoms with Crippen molar-refractivity contribution in [2.45, 2.75) is 45.6 Å². The Labute approximate surface area is 166 Å². The largest absolute Gasteiger partial charge is 0.427 e. The first kappa shape index (κ1) is 18.7. The van der Waals surface area contributed by atoms with Crippen LogP contribution in [0.3, 0.4) is 0 Å². The lowest BCUT2D eigenvalue weighted by atomic mass is 9.84. The molecule has 2 aromatic carbocycles. The molecule has 2 bridgehead atoms. The van der Waals surface area contributed by atoms with Crippen molar-refractivity contribution in [2.75, 3.05) is 0 Å². The Morgan fingerprint density at radius 1 is 1.04 bits per heavy atom. The molecule has 2 fully saturated rings. The predicted octanol–water partition coefficient (Wildman–Crippen LogP) is 4.83. The fraction of sp³-hybridized carbons (Fsp3) is 0.417. The van der Waals surface area contributed by atoms with Crippen molar-refractivity contribution in [3.05, 3.63) is 54.1 Å². The van der Waals surface area contributed by atoms with E-state index in [-0.39, 0.29) is 17.9 Å². The van der Waals surface area contributed by atoms with Crippen LogP contribution in [0.2, 0.25) is 0 Å².